The molecule has 0 aliphatic heterocycles. The maximum Gasteiger partial charge on any atom is 0.262 e. The molecular weight excluding hydrogens is 272 g/mol. The van der Waals surface area contributed by atoms with E-state index in [2.05, 4.69) is 41.0 Å². The first-order valence-electron chi connectivity index (χ1n) is 6.48. The van der Waals surface area contributed by atoms with Crippen LogP contribution in [0.5, 0.6) is 0 Å². The predicted molar refractivity (Wildman–Crippen MR) is 80.4 cm³/mol. The standard InChI is InChI=1S/C14H20N4OS/c1-8-7-19-13(16-8)20-11-9(2)10(15-6)17-12(18-11)14(3,4)5/h7H,1-6H3,(H,15,17,18). The van der Waals surface area contributed by atoms with Crippen molar-refractivity contribution in [1.82, 2.24) is 15.0 Å². The number of rotatable bonds is 3. The van der Waals surface area contributed by atoms with E-state index in [1.165, 1.54) is 11.8 Å². The monoisotopic (exact) mass is 292 g/mol. The summed E-state index contributed by atoms with van der Waals surface area (Å²) < 4.78 is 5.39. The third-order valence-corrected chi connectivity index (χ3v) is 3.74. The van der Waals surface area contributed by atoms with Crippen LogP contribution in [0.25, 0.3) is 0 Å². The minimum Gasteiger partial charge on any atom is -0.439 e. The third-order valence-electron chi connectivity index (χ3n) is 2.79. The van der Waals surface area contributed by atoms with Crippen LogP contribution in [0, 0.1) is 13.8 Å². The maximum absolute atomic E-state index is 5.39. The van der Waals surface area contributed by atoms with Crippen LogP contribution in [0.3, 0.4) is 0 Å². The highest BCUT2D eigenvalue weighted by molar-refractivity contribution is 7.99. The van der Waals surface area contributed by atoms with Crippen LogP contribution in [0.1, 0.15) is 37.9 Å². The Morgan fingerprint density at radius 2 is 1.85 bits per heavy atom. The highest BCUT2D eigenvalue weighted by Crippen LogP contribution is 2.32. The smallest absolute Gasteiger partial charge is 0.262 e. The zero-order valence-corrected chi connectivity index (χ0v) is 13.6. The van der Waals surface area contributed by atoms with Gasteiger partial charge >= 0.3 is 0 Å². The van der Waals surface area contributed by atoms with E-state index in [0.29, 0.717) is 5.22 Å². The summed E-state index contributed by atoms with van der Waals surface area (Å²) in [5.74, 6) is 1.65. The average Bonchev–Trinajstić information content (AvgIpc) is 2.76. The number of anilines is 1. The molecule has 5 nitrogen and oxygen atoms in total. The third kappa shape index (κ3) is 3.12. The quantitative estimate of drug-likeness (QED) is 0.872. The molecular formula is C14H20N4OS. The maximum atomic E-state index is 5.39. The van der Waals surface area contributed by atoms with Crippen LogP contribution in [-0.4, -0.2) is 22.0 Å². The Morgan fingerprint density at radius 1 is 1.15 bits per heavy atom. The zero-order chi connectivity index (χ0) is 14.9. The topological polar surface area (TPSA) is 63.8 Å². The van der Waals surface area contributed by atoms with Crippen LogP contribution in [0.2, 0.25) is 0 Å². The van der Waals surface area contributed by atoms with E-state index in [9.17, 15) is 0 Å². The molecule has 0 amide bonds. The fourth-order valence-electron chi connectivity index (χ4n) is 1.64. The summed E-state index contributed by atoms with van der Waals surface area (Å²) in [5, 5.41) is 4.60. The molecule has 0 atom stereocenters. The number of aromatic nitrogens is 3. The summed E-state index contributed by atoms with van der Waals surface area (Å²) in [5.41, 5.74) is 1.76. The van der Waals surface area contributed by atoms with Gasteiger partial charge in [0.25, 0.3) is 5.22 Å². The Labute approximate surface area is 123 Å². The van der Waals surface area contributed by atoms with Gasteiger partial charge in [-0.05, 0) is 25.6 Å². The Hall–Kier alpha value is -1.56. The molecule has 0 spiro atoms. The van der Waals surface area contributed by atoms with Crippen molar-refractivity contribution < 1.29 is 4.42 Å². The summed E-state index contributed by atoms with van der Waals surface area (Å²) in [4.78, 5) is 13.6. The van der Waals surface area contributed by atoms with E-state index in [0.717, 1.165) is 27.9 Å². The van der Waals surface area contributed by atoms with Crippen LogP contribution in [0.15, 0.2) is 20.9 Å². The van der Waals surface area contributed by atoms with Gasteiger partial charge in [-0.25, -0.2) is 15.0 Å². The molecule has 0 aromatic carbocycles. The van der Waals surface area contributed by atoms with E-state index in [-0.39, 0.29) is 5.41 Å². The highest BCUT2D eigenvalue weighted by atomic mass is 32.2. The van der Waals surface area contributed by atoms with Crippen molar-refractivity contribution in [3.8, 4) is 0 Å². The SMILES string of the molecule is CNc1nc(C(C)(C)C)nc(Sc2nc(C)co2)c1C. The van der Waals surface area contributed by atoms with Crippen molar-refractivity contribution in [2.75, 3.05) is 12.4 Å². The van der Waals surface area contributed by atoms with Gasteiger partial charge in [-0.15, -0.1) is 0 Å². The molecule has 0 unspecified atom stereocenters. The molecule has 2 heterocycles. The van der Waals surface area contributed by atoms with Crippen LogP contribution < -0.4 is 5.32 Å². The minimum absolute atomic E-state index is 0.110. The van der Waals surface area contributed by atoms with Gasteiger partial charge in [0.15, 0.2) is 0 Å². The van der Waals surface area contributed by atoms with E-state index in [1.807, 2.05) is 20.9 Å². The van der Waals surface area contributed by atoms with Crippen LogP contribution in [0.4, 0.5) is 5.82 Å². The number of aryl methyl sites for hydroxylation is 1. The number of oxazole rings is 1. The van der Waals surface area contributed by atoms with E-state index < -0.39 is 0 Å². The van der Waals surface area contributed by atoms with Crippen molar-refractivity contribution in [2.24, 2.45) is 0 Å². The van der Waals surface area contributed by atoms with Crippen molar-refractivity contribution in [2.45, 2.75) is 50.3 Å². The Morgan fingerprint density at radius 3 is 2.35 bits per heavy atom. The highest BCUT2D eigenvalue weighted by Gasteiger charge is 2.22. The molecule has 0 aliphatic carbocycles. The van der Waals surface area contributed by atoms with Gasteiger partial charge in [0.05, 0.1) is 5.69 Å². The summed E-state index contributed by atoms with van der Waals surface area (Å²) in [7, 11) is 1.87. The first kappa shape index (κ1) is 14.8. The van der Waals surface area contributed by atoms with Gasteiger partial charge in [0.1, 0.15) is 22.9 Å². The van der Waals surface area contributed by atoms with E-state index in [1.54, 1.807) is 6.26 Å². The van der Waals surface area contributed by atoms with Gasteiger partial charge in [0.2, 0.25) is 0 Å². The van der Waals surface area contributed by atoms with Crippen molar-refractivity contribution in [3.63, 3.8) is 0 Å². The number of hydrogen-bond donors (Lipinski definition) is 1. The van der Waals surface area contributed by atoms with E-state index in [4.69, 9.17) is 4.42 Å². The molecule has 108 valence electrons. The molecule has 2 rings (SSSR count). The van der Waals surface area contributed by atoms with Gasteiger partial charge in [-0.2, -0.15) is 0 Å². The van der Waals surface area contributed by atoms with Crippen molar-refractivity contribution >= 4 is 17.6 Å². The van der Waals surface area contributed by atoms with Gasteiger partial charge in [-0.1, -0.05) is 20.8 Å². The molecule has 0 saturated carbocycles. The second-order valence-corrected chi connectivity index (χ2v) is 6.62. The van der Waals surface area contributed by atoms with Crippen molar-refractivity contribution in [3.05, 3.63) is 23.3 Å². The van der Waals surface area contributed by atoms with Crippen molar-refractivity contribution in [1.29, 1.82) is 0 Å². The Balaban J connectivity index is 2.45. The second-order valence-electron chi connectivity index (χ2n) is 5.68. The summed E-state index contributed by atoms with van der Waals surface area (Å²) in [6.45, 7) is 10.2. The first-order valence-corrected chi connectivity index (χ1v) is 7.29. The fraction of sp³-hybridized carbons (Fsp3) is 0.500. The Kier molecular flexibility index (Phi) is 4.04. The number of hydrogen-bond acceptors (Lipinski definition) is 6. The van der Waals surface area contributed by atoms with E-state index >= 15 is 0 Å². The molecule has 0 radical (unpaired) electrons. The summed E-state index contributed by atoms with van der Waals surface area (Å²) in [6.07, 6.45) is 1.64. The summed E-state index contributed by atoms with van der Waals surface area (Å²) >= 11 is 1.43. The van der Waals surface area contributed by atoms with Gasteiger partial charge in [-0.3, -0.25) is 0 Å². The largest absolute Gasteiger partial charge is 0.439 e. The lowest BCUT2D eigenvalue weighted by molar-refractivity contribution is 0.453. The molecule has 1 N–H and O–H groups in total. The molecule has 0 bridgehead atoms. The summed E-state index contributed by atoms with van der Waals surface area (Å²) in [6, 6.07) is 0. The first-order chi connectivity index (χ1) is 9.31. The molecule has 2 aromatic rings. The molecule has 2 aromatic heterocycles. The van der Waals surface area contributed by atoms with Gasteiger partial charge in [0, 0.05) is 18.0 Å². The lowest BCUT2D eigenvalue weighted by Gasteiger charge is -2.19. The lowest BCUT2D eigenvalue weighted by atomic mass is 9.95. The van der Waals surface area contributed by atoms with Crippen LogP contribution in [-0.2, 0) is 5.41 Å². The Bertz CT molecular complexity index is 616. The second kappa shape index (κ2) is 5.44. The molecule has 20 heavy (non-hydrogen) atoms. The molecule has 0 fully saturated rings. The van der Waals surface area contributed by atoms with Gasteiger partial charge < -0.3 is 9.73 Å². The fourth-order valence-corrected chi connectivity index (χ4v) is 2.47. The predicted octanol–water partition coefficient (Wildman–Crippen LogP) is 3.57. The molecule has 0 aliphatic rings. The normalized spacial score (nSPS) is 11.7. The number of nitrogens with zero attached hydrogens (tertiary/aromatic N) is 3. The van der Waals surface area contributed by atoms with Crippen LogP contribution >= 0.6 is 11.8 Å². The molecule has 0 saturated heterocycles. The lowest BCUT2D eigenvalue weighted by Crippen LogP contribution is -2.18. The minimum atomic E-state index is -0.110. The number of nitrogens with one attached hydrogen (secondary N) is 1. The molecule has 6 heteroatoms. The zero-order valence-electron chi connectivity index (χ0n) is 12.7. The average molecular weight is 292 g/mol.